The Morgan fingerprint density at radius 2 is 2.07 bits per heavy atom. The third-order valence-corrected chi connectivity index (χ3v) is 4.38. The predicted molar refractivity (Wildman–Crippen MR) is 99.5 cm³/mol. The summed E-state index contributed by atoms with van der Waals surface area (Å²) in [5.41, 5.74) is 1.91. The lowest BCUT2D eigenvalue weighted by Gasteiger charge is -2.13. The molecule has 0 radical (unpaired) electrons. The molecule has 3 heterocycles. The average molecular weight is 400 g/mol. The molecule has 148 valence electrons. The number of carbonyl (C=O) groups is 2. The number of benzene rings is 1. The van der Waals surface area contributed by atoms with Crippen LogP contribution in [0.3, 0.4) is 0 Å². The van der Waals surface area contributed by atoms with Gasteiger partial charge in [-0.15, -0.1) is 5.10 Å². The monoisotopic (exact) mass is 400 g/mol. The second-order valence-electron chi connectivity index (χ2n) is 6.44. The van der Waals surface area contributed by atoms with Crippen molar-refractivity contribution in [3.63, 3.8) is 0 Å². The van der Waals surface area contributed by atoms with Gasteiger partial charge in [0.25, 0.3) is 5.91 Å². The molecule has 2 amide bonds. The molecule has 0 unspecified atom stereocenters. The average Bonchev–Trinajstić information content (AvgIpc) is 3.32. The quantitative estimate of drug-likeness (QED) is 0.550. The Hall–Kier alpha value is -4.02. The van der Waals surface area contributed by atoms with Crippen molar-refractivity contribution < 1.29 is 23.4 Å². The number of hydrogen-bond donors (Lipinski definition) is 2. The molecule has 9 nitrogen and oxygen atoms in total. The van der Waals surface area contributed by atoms with E-state index in [0.717, 1.165) is 0 Å². The zero-order chi connectivity index (χ0) is 20.7. The van der Waals surface area contributed by atoms with Crippen molar-refractivity contribution in [2.24, 2.45) is 0 Å². The molecule has 0 spiro atoms. The minimum absolute atomic E-state index is 0.0800. The van der Waals surface area contributed by atoms with E-state index in [2.05, 4.69) is 25.6 Å². The van der Waals surface area contributed by atoms with Crippen molar-refractivity contribution in [1.29, 1.82) is 0 Å². The highest BCUT2D eigenvalue weighted by molar-refractivity contribution is 6.09. The Balaban J connectivity index is 1.83. The number of H-pyrrole nitrogens is 1. The van der Waals surface area contributed by atoms with E-state index in [-0.39, 0.29) is 11.4 Å². The number of nitrogens with zero attached hydrogens (tertiary/aromatic N) is 4. The van der Waals surface area contributed by atoms with Crippen molar-refractivity contribution in [1.82, 2.24) is 24.7 Å². The fourth-order valence-corrected chi connectivity index (χ4v) is 3.10. The third-order valence-electron chi connectivity index (χ3n) is 4.38. The zero-order valence-electron chi connectivity index (χ0n) is 15.2. The SMILES string of the molecule is CN(C)C(=O)c1c(F)cc(-c2ccn3nc(NC(=O)OF)cc3c2)c2cn[nH]c12. The molecule has 4 aromatic rings. The van der Waals surface area contributed by atoms with Crippen LogP contribution in [0, 0.1) is 5.82 Å². The lowest BCUT2D eigenvalue weighted by Crippen LogP contribution is -2.23. The first-order chi connectivity index (χ1) is 13.9. The molecule has 11 heteroatoms. The molecule has 1 aromatic carbocycles. The van der Waals surface area contributed by atoms with E-state index in [0.29, 0.717) is 27.5 Å². The van der Waals surface area contributed by atoms with Gasteiger partial charge in [0.2, 0.25) is 0 Å². The Labute approximate surface area is 161 Å². The predicted octanol–water partition coefficient (Wildman–Crippen LogP) is 3.15. The molecular formula is C18H14F2N6O3. The van der Waals surface area contributed by atoms with Crippen molar-refractivity contribution in [2.75, 3.05) is 19.4 Å². The first kappa shape index (κ1) is 18.3. The van der Waals surface area contributed by atoms with E-state index in [1.54, 1.807) is 18.3 Å². The van der Waals surface area contributed by atoms with Gasteiger partial charge in [-0.05, 0) is 29.3 Å². The van der Waals surface area contributed by atoms with Crippen LogP contribution in [-0.2, 0) is 4.94 Å². The number of hydrogen-bond acceptors (Lipinski definition) is 5. The van der Waals surface area contributed by atoms with Crippen LogP contribution in [0.25, 0.3) is 27.5 Å². The molecule has 0 fully saturated rings. The Morgan fingerprint density at radius 1 is 1.28 bits per heavy atom. The van der Waals surface area contributed by atoms with Crippen LogP contribution in [0.15, 0.2) is 36.7 Å². The number of halogens is 2. The largest absolute Gasteiger partial charge is 0.450 e. The first-order valence-corrected chi connectivity index (χ1v) is 8.35. The number of pyridine rings is 1. The van der Waals surface area contributed by atoms with Gasteiger partial charge in [0.15, 0.2) is 5.82 Å². The van der Waals surface area contributed by atoms with Crippen LogP contribution in [0.5, 0.6) is 0 Å². The summed E-state index contributed by atoms with van der Waals surface area (Å²) in [5, 5.41) is 13.4. The summed E-state index contributed by atoms with van der Waals surface area (Å²) < 4.78 is 28.2. The van der Waals surface area contributed by atoms with Crippen molar-refractivity contribution in [3.05, 3.63) is 48.0 Å². The van der Waals surface area contributed by atoms with Crippen molar-refractivity contribution in [2.45, 2.75) is 0 Å². The van der Waals surface area contributed by atoms with E-state index in [9.17, 15) is 18.5 Å². The van der Waals surface area contributed by atoms with Crippen LogP contribution in [-0.4, -0.2) is 50.8 Å². The van der Waals surface area contributed by atoms with Crippen molar-refractivity contribution >= 4 is 34.2 Å². The molecule has 0 saturated carbocycles. The van der Waals surface area contributed by atoms with Gasteiger partial charge >= 0.3 is 6.09 Å². The number of anilines is 1. The smallest absolute Gasteiger partial charge is 0.345 e. The van der Waals surface area contributed by atoms with Crippen LogP contribution in [0.1, 0.15) is 10.4 Å². The standard InChI is InChI=1S/C18H14F2N6O3/c1-25(2)17(27)15-13(19)7-11(12-8-21-23-16(12)15)9-3-4-26-10(5-9)6-14(24-26)22-18(28)29-20/h3-8H,1-2H3,(H,21,23)(H,22,24,28). The second kappa shape index (κ2) is 6.86. The number of amides is 2. The fraction of sp³-hybridized carbons (Fsp3) is 0.111. The summed E-state index contributed by atoms with van der Waals surface area (Å²) in [4.78, 5) is 27.7. The molecule has 0 atom stereocenters. The highest BCUT2D eigenvalue weighted by Gasteiger charge is 2.22. The number of rotatable bonds is 3. The Kier molecular flexibility index (Phi) is 4.34. The van der Waals surface area contributed by atoms with E-state index < -0.39 is 17.8 Å². The zero-order valence-corrected chi connectivity index (χ0v) is 15.2. The number of aromatic amines is 1. The summed E-state index contributed by atoms with van der Waals surface area (Å²) in [6.07, 6.45) is 1.82. The fourth-order valence-electron chi connectivity index (χ4n) is 3.10. The topological polar surface area (TPSA) is 105 Å². The highest BCUT2D eigenvalue weighted by Crippen LogP contribution is 2.33. The molecule has 3 aromatic heterocycles. The first-order valence-electron chi connectivity index (χ1n) is 8.35. The summed E-state index contributed by atoms with van der Waals surface area (Å²) >= 11 is 0. The van der Waals surface area contributed by atoms with Gasteiger partial charge in [0.1, 0.15) is 11.4 Å². The molecule has 2 N–H and O–H groups in total. The number of aromatic nitrogens is 4. The van der Waals surface area contributed by atoms with E-state index in [1.807, 2.05) is 0 Å². The molecule has 0 aliphatic heterocycles. The van der Waals surface area contributed by atoms with Crippen LogP contribution >= 0.6 is 0 Å². The van der Waals surface area contributed by atoms with E-state index >= 15 is 0 Å². The summed E-state index contributed by atoms with van der Waals surface area (Å²) in [5.74, 6) is -1.08. The lowest BCUT2D eigenvalue weighted by atomic mass is 9.98. The molecule has 0 aliphatic rings. The summed E-state index contributed by atoms with van der Waals surface area (Å²) in [7, 11) is 3.07. The minimum Gasteiger partial charge on any atom is -0.345 e. The Morgan fingerprint density at radius 3 is 2.79 bits per heavy atom. The maximum Gasteiger partial charge on any atom is 0.450 e. The summed E-state index contributed by atoms with van der Waals surface area (Å²) in [6.45, 7) is 0. The van der Waals surface area contributed by atoms with Gasteiger partial charge in [-0.1, -0.05) is 0 Å². The van der Waals surface area contributed by atoms with Crippen LogP contribution < -0.4 is 5.32 Å². The van der Waals surface area contributed by atoms with Gasteiger partial charge in [0, 0.05) is 36.3 Å². The lowest BCUT2D eigenvalue weighted by molar-refractivity contribution is -0.0544. The molecule has 4 rings (SSSR count). The summed E-state index contributed by atoms with van der Waals surface area (Å²) in [6, 6.07) is 6.16. The maximum atomic E-state index is 14.8. The van der Waals surface area contributed by atoms with E-state index in [4.69, 9.17) is 0 Å². The van der Waals surface area contributed by atoms with Gasteiger partial charge in [-0.3, -0.25) is 15.2 Å². The van der Waals surface area contributed by atoms with Gasteiger partial charge in [-0.25, -0.2) is 18.6 Å². The van der Waals surface area contributed by atoms with Gasteiger partial charge in [0.05, 0.1) is 17.2 Å². The maximum absolute atomic E-state index is 14.8. The molecule has 29 heavy (non-hydrogen) atoms. The second-order valence-corrected chi connectivity index (χ2v) is 6.44. The van der Waals surface area contributed by atoms with Gasteiger partial charge in [-0.2, -0.15) is 5.10 Å². The van der Waals surface area contributed by atoms with E-state index in [1.165, 1.54) is 41.8 Å². The van der Waals surface area contributed by atoms with Crippen LogP contribution in [0.2, 0.25) is 0 Å². The highest BCUT2D eigenvalue weighted by atomic mass is 19.3. The molecule has 0 aliphatic carbocycles. The molecular weight excluding hydrogens is 386 g/mol. The molecule has 0 saturated heterocycles. The van der Waals surface area contributed by atoms with Crippen molar-refractivity contribution in [3.8, 4) is 11.1 Å². The number of nitrogens with one attached hydrogen (secondary N) is 2. The van der Waals surface area contributed by atoms with Crippen LogP contribution in [0.4, 0.5) is 19.5 Å². The third kappa shape index (κ3) is 3.12. The minimum atomic E-state index is -1.29. The normalized spacial score (nSPS) is 11.0. The number of fused-ring (bicyclic) bond motifs is 2. The molecule has 0 bridgehead atoms. The Bertz CT molecular complexity index is 1260. The van der Waals surface area contributed by atoms with Gasteiger partial charge < -0.3 is 4.90 Å². The number of carbonyl (C=O) groups excluding carboxylic acids is 2.